The third kappa shape index (κ3) is 12.6. The first-order valence-electron chi connectivity index (χ1n) is 12.1. The molecule has 11 heteroatoms. The minimum absolute atomic E-state index is 0.0462. The van der Waals surface area contributed by atoms with Gasteiger partial charge in [0.15, 0.2) is 0 Å². The summed E-state index contributed by atoms with van der Waals surface area (Å²) in [6, 6.07) is -3.58. The summed E-state index contributed by atoms with van der Waals surface area (Å²) in [5.74, 6) is -1.95. The van der Waals surface area contributed by atoms with Crippen LogP contribution in [0.2, 0.25) is 0 Å². The smallest absolute Gasteiger partial charge is 0.326 e. The van der Waals surface area contributed by atoms with E-state index in [1.54, 1.807) is 0 Å². The summed E-state index contributed by atoms with van der Waals surface area (Å²) in [6.45, 7) is 8.11. The fourth-order valence-corrected chi connectivity index (χ4v) is 3.75. The van der Waals surface area contributed by atoms with Crippen molar-refractivity contribution in [1.29, 1.82) is 0 Å². The monoisotopic (exact) mass is 503 g/mol. The van der Waals surface area contributed by atoms with Crippen LogP contribution in [0.3, 0.4) is 0 Å². The van der Waals surface area contributed by atoms with Crippen molar-refractivity contribution in [2.75, 3.05) is 18.6 Å². The zero-order chi connectivity index (χ0) is 26.3. The van der Waals surface area contributed by atoms with E-state index in [9.17, 15) is 24.3 Å². The van der Waals surface area contributed by atoms with Gasteiger partial charge in [0, 0.05) is 0 Å². The molecule has 5 unspecified atom stereocenters. The SMILES string of the molecule is CCC(C)C(N)C(=O)NC(CC(C)C)C(=O)NC(CCSC)C(=O)NC(CCCCN)C(=O)O. The van der Waals surface area contributed by atoms with E-state index in [4.69, 9.17) is 11.5 Å². The Kier molecular flexibility index (Phi) is 16.6. The third-order valence-electron chi connectivity index (χ3n) is 5.70. The Hall–Kier alpha value is -1.85. The van der Waals surface area contributed by atoms with Gasteiger partial charge in [0.25, 0.3) is 0 Å². The van der Waals surface area contributed by atoms with Crippen LogP contribution >= 0.6 is 11.8 Å². The second-order valence-corrected chi connectivity index (χ2v) is 10.1. The highest BCUT2D eigenvalue weighted by molar-refractivity contribution is 7.98. The topological polar surface area (TPSA) is 177 Å². The number of unbranched alkanes of at least 4 members (excludes halogenated alkanes) is 1. The summed E-state index contributed by atoms with van der Waals surface area (Å²) in [6.07, 6.45) is 4.77. The molecule has 0 spiro atoms. The molecule has 0 aromatic rings. The molecule has 8 N–H and O–H groups in total. The molecule has 0 aliphatic carbocycles. The fraction of sp³-hybridized carbons (Fsp3) is 0.826. The molecule has 0 radical (unpaired) electrons. The van der Waals surface area contributed by atoms with E-state index in [2.05, 4.69) is 16.0 Å². The lowest BCUT2D eigenvalue weighted by Crippen LogP contribution is -2.58. The van der Waals surface area contributed by atoms with Crippen LogP contribution in [0.25, 0.3) is 0 Å². The Morgan fingerprint density at radius 3 is 1.94 bits per heavy atom. The number of thioether (sulfide) groups is 1. The van der Waals surface area contributed by atoms with Crippen LogP contribution in [0.5, 0.6) is 0 Å². The van der Waals surface area contributed by atoms with Crippen LogP contribution in [0, 0.1) is 11.8 Å². The zero-order valence-electron chi connectivity index (χ0n) is 21.3. The molecule has 0 fully saturated rings. The average Bonchev–Trinajstić information content (AvgIpc) is 2.78. The Balaban J connectivity index is 5.44. The molecule has 0 bridgehead atoms. The minimum Gasteiger partial charge on any atom is -0.480 e. The van der Waals surface area contributed by atoms with E-state index in [0.717, 1.165) is 6.42 Å². The van der Waals surface area contributed by atoms with Gasteiger partial charge in [-0.05, 0) is 62.5 Å². The van der Waals surface area contributed by atoms with E-state index < -0.39 is 47.9 Å². The first kappa shape index (κ1) is 32.1. The molecule has 34 heavy (non-hydrogen) atoms. The molecule has 198 valence electrons. The van der Waals surface area contributed by atoms with Crippen molar-refractivity contribution >= 4 is 35.5 Å². The van der Waals surface area contributed by atoms with Gasteiger partial charge in [-0.2, -0.15) is 11.8 Å². The number of hydrogen-bond donors (Lipinski definition) is 6. The number of amides is 3. The van der Waals surface area contributed by atoms with E-state index in [1.807, 2.05) is 34.0 Å². The fourth-order valence-electron chi connectivity index (χ4n) is 3.28. The van der Waals surface area contributed by atoms with Gasteiger partial charge >= 0.3 is 5.97 Å². The normalized spacial score (nSPS) is 15.6. The van der Waals surface area contributed by atoms with Crippen molar-refractivity contribution in [3.05, 3.63) is 0 Å². The van der Waals surface area contributed by atoms with E-state index in [1.165, 1.54) is 11.8 Å². The Morgan fingerprint density at radius 2 is 1.44 bits per heavy atom. The number of carbonyl (C=O) groups is 4. The first-order valence-corrected chi connectivity index (χ1v) is 13.5. The summed E-state index contributed by atoms with van der Waals surface area (Å²) in [5.41, 5.74) is 11.5. The van der Waals surface area contributed by atoms with Crippen LogP contribution in [-0.2, 0) is 19.2 Å². The maximum atomic E-state index is 13.1. The maximum Gasteiger partial charge on any atom is 0.326 e. The number of nitrogens with two attached hydrogens (primary N) is 2. The second kappa shape index (κ2) is 17.6. The highest BCUT2D eigenvalue weighted by atomic mass is 32.2. The molecule has 3 amide bonds. The van der Waals surface area contributed by atoms with Crippen molar-refractivity contribution in [3.63, 3.8) is 0 Å². The van der Waals surface area contributed by atoms with E-state index in [0.29, 0.717) is 38.0 Å². The number of nitrogens with one attached hydrogen (secondary N) is 3. The lowest BCUT2D eigenvalue weighted by molar-refractivity contribution is -0.142. The number of rotatable bonds is 18. The molecule has 0 rings (SSSR count). The molecular formula is C23H45N5O5S. The number of hydrogen-bond acceptors (Lipinski definition) is 7. The van der Waals surface area contributed by atoms with Crippen LogP contribution in [0.15, 0.2) is 0 Å². The van der Waals surface area contributed by atoms with Crippen LogP contribution < -0.4 is 27.4 Å². The van der Waals surface area contributed by atoms with E-state index in [-0.39, 0.29) is 18.3 Å². The van der Waals surface area contributed by atoms with Gasteiger partial charge in [0.2, 0.25) is 17.7 Å². The van der Waals surface area contributed by atoms with Crippen molar-refractivity contribution < 1.29 is 24.3 Å². The number of aliphatic carboxylic acids is 1. The molecule has 0 aromatic heterocycles. The lowest BCUT2D eigenvalue weighted by atomic mass is 9.97. The molecule has 0 heterocycles. The quantitative estimate of drug-likeness (QED) is 0.149. The lowest BCUT2D eigenvalue weighted by Gasteiger charge is -2.27. The third-order valence-corrected chi connectivity index (χ3v) is 6.35. The summed E-state index contributed by atoms with van der Waals surface area (Å²) in [5, 5.41) is 17.5. The van der Waals surface area contributed by atoms with Gasteiger partial charge < -0.3 is 32.5 Å². The van der Waals surface area contributed by atoms with Crippen LogP contribution in [0.1, 0.15) is 66.2 Å². The van der Waals surface area contributed by atoms with Gasteiger partial charge in [0.1, 0.15) is 18.1 Å². The van der Waals surface area contributed by atoms with Crippen molar-refractivity contribution in [2.45, 2.75) is 90.4 Å². The molecule has 0 aromatic carbocycles. The maximum absolute atomic E-state index is 13.1. The Morgan fingerprint density at radius 1 is 0.882 bits per heavy atom. The largest absolute Gasteiger partial charge is 0.480 e. The van der Waals surface area contributed by atoms with Crippen molar-refractivity contribution in [1.82, 2.24) is 16.0 Å². The highest BCUT2D eigenvalue weighted by Gasteiger charge is 2.31. The van der Waals surface area contributed by atoms with Crippen LogP contribution in [0.4, 0.5) is 0 Å². The van der Waals surface area contributed by atoms with E-state index >= 15 is 0 Å². The zero-order valence-corrected chi connectivity index (χ0v) is 22.1. The number of carbonyl (C=O) groups excluding carboxylic acids is 3. The molecular weight excluding hydrogens is 458 g/mol. The standard InChI is InChI=1S/C23H45N5O5S/c1-6-15(4)19(25)22(31)28-18(13-14(2)3)21(30)26-16(10-12-34-5)20(29)27-17(23(32)33)9-7-8-11-24/h14-19H,6-13,24-25H2,1-5H3,(H,26,30)(H,27,29)(H,28,31)(H,32,33). The van der Waals surface area contributed by atoms with Gasteiger partial charge in [-0.1, -0.05) is 34.1 Å². The summed E-state index contributed by atoms with van der Waals surface area (Å²) in [7, 11) is 0. The predicted octanol–water partition coefficient (Wildman–Crippen LogP) is 0.827. The number of carboxylic acid groups (broad SMARTS) is 1. The van der Waals surface area contributed by atoms with Crippen LogP contribution in [-0.4, -0.2) is 71.5 Å². The van der Waals surface area contributed by atoms with Crippen molar-refractivity contribution in [3.8, 4) is 0 Å². The summed E-state index contributed by atoms with van der Waals surface area (Å²) >= 11 is 1.51. The average molecular weight is 504 g/mol. The van der Waals surface area contributed by atoms with Gasteiger partial charge in [-0.3, -0.25) is 14.4 Å². The van der Waals surface area contributed by atoms with Gasteiger partial charge in [-0.25, -0.2) is 4.79 Å². The molecule has 10 nitrogen and oxygen atoms in total. The Labute approximate surface area is 208 Å². The number of carboxylic acids is 1. The van der Waals surface area contributed by atoms with Gasteiger partial charge in [-0.15, -0.1) is 0 Å². The predicted molar refractivity (Wildman–Crippen MR) is 136 cm³/mol. The Bertz CT molecular complexity index is 649. The van der Waals surface area contributed by atoms with Gasteiger partial charge in [0.05, 0.1) is 6.04 Å². The molecule has 0 saturated carbocycles. The first-order chi connectivity index (χ1) is 16.0. The molecule has 0 aliphatic rings. The summed E-state index contributed by atoms with van der Waals surface area (Å²) < 4.78 is 0. The summed E-state index contributed by atoms with van der Waals surface area (Å²) in [4.78, 5) is 50.2. The molecule has 5 atom stereocenters. The second-order valence-electron chi connectivity index (χ2n) is 9.13. The minimum atomic E-state index is -1.13. The van der Waals surface area contributed by atoms with Crippen molar-refractivity contribution in [2.24, 2.45) is 23.3 Å². The molecule has 0 aliphatic heterocycles. The highest BCUT2D eigenvalue weighted by Crippen LogP contribution is 2.11. The molecule has 0 saturated heterocycles.